The molecule has 0 amide bonds. The fraction of sp³-hybridized carbons (Fsp3) is 0.923. The Hall–Kier alpha value is -0.570. The number of esters is 1. The second-order valence-electron chi connectivity index (χ2n) is 5.27. The molecule has 16 heavy (non-hydrogen) atoms. The zero-order valence-electron chi connectivity index (χ0n) is 10.2. The molecule has 1 saturated carbocycles. The number of hydrogen-bond donors (Lipinski definition) is 1. The summed E-state index contributed by atoms with van der Waals surface area (Å²) in [6.45, 7) is 1.90. The van der Waals surface area contributed by atoms with E-state index in [-0.39, 0.29) is 11.9 Å². The summed E-state index contributed by atoms with van der Waals surface area (Å²) >= 11 is 0. The number of carbonyl (C=O) groups excluding carboxylic acids is 1. The Kier molecular flexibility index (Phi) is 4.22. The Balaban J connectivity index is 1.87. The second-order valence-corrected chi connectivity index (χ2v) is 5.27. The first kappa shape index (κ1) is 11.9. The van der Waals surface area contributed by atoms with Gasteiger partial charge in [0.1, 0.15) is 0 Å². The monoisotopic (exact) mass is 225 g/mol. The van der Waals surface area contributed by atoms with Gasteiger partial charge in [0.15, 0.2) is 0 Å². The van der Waals surface area contributed by atoms with E-state index in [0.29, 0.717) is 5.92 Å². The minimum absolute atomic E-state index is 0.0343. The Bertz CT molecular complexity index is 236. The van der Waals surface area contributed by atoms with Crippen molar-refractivity contribution < 1.29 is 9.53 Å². The Morgan fingerprint density at radius 3 is 2.56 bits per heavy atom. The first-order valence-corrected chi connectivity index (χ1v) is 6.60. The molecule has 2 rings (SSSR count). The first-order chi connectivity index (χ1) is 7.81. The highest BCUT2D eigenvalue weighted by atomic mass is 16.5. The third-order valence-electron chi connectivity index (χ3n) is 4.24. The molecule has 0 aromatic heterocycles. The van der Waals surface area contributed by atoms with Crippen LogP contribution in [0.2, 0.25) is 0 Å². The van der Waals surface area contributed by atoms with E-state index in [4.69, 9.17) is 4.74 Å². The van der Waals surface area contributed by atoms with Gasteiger partial charge in [-0.05, 0) is 24.8 Å². The molecule has 0 radical (unpaired) electrons. The molecular formula is C13H23NO2. The molecule has 1 heterocycles. The Morgan fingerprint density at radius 2 is 1.88 bits per heavy atom. The van der Waals surface area contributed by atoms with Crippen molar-refractivity contribution in [1.29, 1.82) is 0 Å². The molecule has 2 atom stereocenters. The van der Waals surface area contributed by atoms with Crippen molar-refractivity contribution in [2.24, 2.45) is 17.8 Å². The fourth-order valence-corrected chi connectivity index (χ4v) is 3.29. The Morgan fingerprint density at radius 1 is 1.12 bits per heavy atom. The van der Waals surface area contributed by atoms with Crippen molar-refractivity contribution in [3.63, 3.8) is 0 Å². The fourth-order valence-electron chi connectivity index (χ4n) is 3.29. The van der Waals surface area contributed by atoms with Crippen molar-refractivity contribution in [2.75, 3.05) is 20.2 Å². The SMILES string of the molecule is COC(=O)[C@H]1CNC[C@@H](C2CCCCC2)C1. The number of hydrogen-bond acceptors (Lipinski definition) is 3. The van der Waals surface area contributed by atoms with Crippen LogP contribution in [-0.2, 0) is 9.53 Å². The van der Waals surface area contributed by atoms with E-state index in [9.17, 15) is 4.79 Å². The van der Waals surface area contributed by atoms with Crippen LogP contribution in [0.3, 0.4) is 0 Å². The maximum atomic E-state index is 11.5. The van der Waals surface area contributed by atoms with Gasteiger partial charge in [0, 0.05) is 6.54 Å². The molecule has 1 saturated heterocycles. The highest BCUT2D eigenvalue weighted by molar-refractivity contribution is 5.72. The highest BCUT2D eigenvalue weighted by Gasteiger charge is 2.32. The number of ether oxygens (including phenoxy) is 1. The zero-order chi connectivity index (χ0) is 11.4. The number of carbonyl (C=O) groups is 1. The van der Waals surface area contributed by atoms with Crippen LogP contribution >= 0.6 is 0 Å². The van der Waals surface area contributed by atoms with E-state index >= 15 is 0 Å². The third kappa shape index (κ3) is 2.76. The van der Waals surface area contributed by atoms with Gasteiger partial charge in [-0.1, -0.05) is 32.1 Å². The molecule has 0 spiro atoms. The van der Waals surface area contributed by atoms with Crippen molar-refractivity contribution in [3.8, 4) is 0 Å². The van der Waals surface area contributed by atoms with Gasteiger partial charge >= 0.3 is 5.97 Å². The molecule has 2 aliphatic rings. The van der Waals surface area contributed by atoms with Crippen LogP contribution in [-0.4, -0.2) is 26.2 Å². The lowest BCUT2D eigenvalue weighted by Crippen LogP contribution is -2.43. The van der Waals surface area contributed by atoms with Gasteiger partial charge in [-0.25, -0.2) is 0 Å². The van der Waals surface area contributed by atoms with Gasteiger partial charge in [0.05, 0.1) is 13.0 Å². The average molecular weight is 225 g/mol. The van der Waals surface area contributed by atoms with Crippen molar-refractivity contribution >= 4 is 5.97 Å². The van der Waals surface area contributed by atoms with E-state index in [1.54, 1.807) is 0 Å². The molecular weight excluding hydrogens is 202 g/mol. The van der Waals surface area contributed by atoms with Crippen LogP contribution < -0.4 is 5.32 Å². The van der Waals surface area contributed by atoms with Crippen molar-refractivity contribution in [3.05, 3.63) is 0 Å². The zero-order valence-corrected chi connectivity index (χ0v) is 10.2. The smallest absolute Gasteiger partial charge is 0.309 e. The lowest BCUT2D eigenvalue weighted by atomic mass is 9.75. The molecule has 1 aliphatic carbocycles. The molecule has 1 aliphatic heterocycles. The molecule has 3 nitrogen and oxygen atoms in total. The summed E-state index contributed by atoms with van der Waals surface area (Å²) < 4.78 is 4.85. The quantitative estimate of drug-likeness (QED) is 0.730. The lowest BCUT2D eigenvalue weighted by molar-refractivity contribution is -0.146. The van der Waals surface area contributed by atoms with Crippen molar-refractivity contribution in [1.82, 2.24) is 5.32 Å². The average Bonchev–Trinajstić information content (AvgIpc) is 2.39. The first-order valence-electron chi connectivity index (χ1n) is 6.60. The molecule has 92 valence electrons. The van der Waals surface area contributed by atoms with Crippen molar-refractivity contribution in [2.45, 2.75) is 38.5 Å². The van der Waals surface area contributed by atoms with Crippen LogP contribution in [0.25, 0.3) is 0 Å². The summed E-state index contributed by atoms with van der Waals surface area (Å²) in [4.78, 5) is 11.5. The standard InChI is InChI=1S/C13H23NO2/c1-16-13(15)12-7-11(8-14-9-12)10-5-3-2-4-6-10/h10-12,14H,2-9H2,1H3/t11-,12+/m0/s1. The molecule has 1 N–H and O–H groups in total. The van der Waals surface area contributed by atoms with Crippen LogP contribution in [0.4, 0.5) is 0 Å². The molecule has 2 fully saturated rings. The summed E-state index contributed by atoms with van der Waals surface area (Å²) in [6.07, 6.45) is 7.91. The van der Waals surface area contributed by atoms with Gasteiger partial charge in [-0.15, -0.1) is 0 Å². The minimum Gasteiger partial charge on any atom is -0.469 e. The normalized spacial score (nSPS) is 32.3. The molecule has 3 heteroatoms. The second kappa shape index (κ2) is 5.67. The van der Waals surface area contributed by atoms with E-state index < -0.39 is 0 Å². The van der Waals surface area contributed by atoms with Crippen LogP contribution in [0.1, 0.15) is 38.5 Å². The summed E-state index contributed by atoms with van der Waals surface area (Å²) in [6, 6.07) is 0. The lowest BCUT2D eigenvalue weighted by Gasteiger charge is -2.36. The van der Waals surface area contributed by atoms with E-state index in [2.05, 4.69) is 5.32 Å². The third-order valence-corrected chi connectivity index (χ3v) is 4.24. The number of rotatable bonds is 2. The summed E-state index contributed by atoms with van der Waals surface area (Å²) in [7, 11) is 1.49. The summed E-state index contributed by atoms with van der Waals surface area (Å²) in [5, 5.41) is 3.40. The molecule has 0 aromatic rings. The van der Waals surface area contributed by atoms with E-state index in [1.807, 2.05) is 0 Å². The number of piperidine rings is 1. The largest absolute Gasteiger partial charge is 0.469 e. The van der Waals surface area contributed by atoms with Gasteiger partial charge in [0.2, 0.25) is 0 Å². The predicted octanol–water partition coefficient (Wildman–Crippen LogP) is 1.97. The van der Waals surface area contributed by atoms with Crippen LogP contribution in [0.5, 0.6) is 0 Å². The molecule has 0 unspecified atom stereocenters. The number of methoxy groups -OCH3 is 1. The van der Waals surface area contributed by atoms with Crippen LogP contribution in [0.15, 0.2) is 0 Å². The molecule has 0 aromatic carbocycles. The topological polar surface area (TPSA) is 38.3 Å². The summed E-state index contributed by atoms with van der Waals surface area (Å²) in [5.74, 6) is 1.59. The molecule has 0 bridgehead atoms. The van der Waals surface area contributed by atoms with Gasteiger partial charge in [-0.2, -0.15) is 0 Å². The minimum atomic E-state index is -0.0343. The number of nitrogens with one attached hydrogen (secondary N) is 1. The van der Waals surface area contributed by atoms with E-state index in [1.165, 1.54) is 39.2 Å². The maximum absolute atomic E-state index is 11.5. The highest BCUT2D eigenvalue weighted by Crippen LogP contribution is 2.34. The predicted molar refractivity (Wildman–Crippen MR) is 63.1 cm³/mol. The van der Waals surface area contributed by atoms with Crippen LogP contribution in [0, 0.1) is 17.8 Å². The van der Waals surface area contributed by atoms with E-state index in [0.717, 1.165) is 25.4 Å². The maximum Gasteiger partial charge on any atom is 0.309 e. The Labute approximate surface area is 97.9 Å². The van der Waals surface area contributed by atoms with Gasteiger partial charge in [-0.3, -0.25) is 4.79 Å². The van der Waals surface area contributed by atoms with Gasteiger partial charge < -0.3 is 10.1 Å². The summed E-state index contributed by atoms with van der Waals surface area (Å²) in [5.41, 5.74) is 0. The van der Waals surface area contributed by atoms with Gasteiger partial charge in [0.25, 0.3) is 0 Å².